The van der Waals surface area contributed by atoms with Crippen molar-refractivity contribution in [3.63, 3.8) is 0 Å². The summed E-state index contributed by atoms with van der Waals surface area (Å²) in [6, 6.07) is 2.11. The van der Waals surface area contributed by atoms with Gasteiger partial charge in [-0.05, 0) is 19.4 Å². The van der Waals surface area contributed by atoms with Gasteiger partial charge < -0.3 is 15.8 Å². The number of aromatic nitrogens is 2. The Labute approximate surface area is 107 Å². The van der Waals surface area contributed by atoms with Crippen molar-refractivity contribution in [2.45, 2.75) is 33.4 Å². The number of primary amides is 1. The van der Waals surface area contributed by atoms with Crippen LogP contribution in [0, 0.1) is 0 Å². The summed E-state index contributed by atoms with van der Waals surface area (Å²) in [5.41, 5.74) is 7.24. The van der Waals surface area contributed by atoms with Gasteiger partial charge in [0.05, 0.1) is 18.0 Å². The van der Waals surface area contributed by atoms with Crippen molar-refractivity contribution in [3.8, 4) is 0 Å². The number of carbonyl (C=O) groups is 1. The second kappa shape index (κ2) is 7.84. The van der Waals surface area contributed by atoms with Crippen molar-refractivity contribution in [2.75, 3.05) is 19.8 Å². The average molecular weight is 254 g/mol. The third kappa shape index (κ3) is 4.85. The Morgan fingerprint density at radius 2 is 2.33 bits per heavy atom. The lowest BCUT2D eigenvalue weighted by atomic mass is 10.3. The van der Waals surface area contributed by atoms with Gasteiger partial charge in [0.25, 0.3) is 0 Å². The van der Waals surface area contributed by atoms with E-state index in [2.05, 4.69) is 30.3 Å². The molecular weight excluding hydrogens is 232 g/mol. The highest BCUT2D eigenvalue weighted by Gasteiger charge is 2.04. The molecule has 1 aromatic rings. The highest BCUT2D eigenvalue weighted by Crippen LogP contribution is 2.05. The van der Waals surface area contributed by atoms with Crippen LogP contribution in [-0.4, -0.2) is 35.4 Å². The summed E-state index contributed by atoms with van der Waals surface area (Å²) in [6.45, 7) is 6.93. The molecule has 0 unspecified atom stereocenters. The predicted octanol–water partition coefficient (Wildman–Crippen LogP) is 0.0569. The van der Waals surface area contributed by atoms with Gasteiger partial charge in [-0.25, -0.2) is 0 Å². The molecular formula is C12H22N4O2. The van der Waals surface area contributed by atoms with Gasteiger partial charge >= 0.3 is 0 Å². The molecule has 102 valence electrons. The first-order valence-electron chi connectivity index (χ1n) is 6.29. The zero-order valence-electron chi connectivity index (χ0n) is 11.1. The molecule has 6 heteroatoms. The molecule has 3 N–H and O–H groups in total. The molecule has 18 heavy (non-hydrogen) atoms. The Morgan fingerprint density at radius 3 is 2.94 bits per heavy atom. The average Bonchev–Trinajstić information content (AvgIpc) is 2.75. The van der Waals surface area contributed by atoms with Crippen LogP contribution in [0.15, 0.2) is 6.07 Å². The molecule has 0 bridgehead atoms. The summed E-state index contributed by atoms with van der Waals surface area (Å²) in [4.78, 5) is 10.4. The van der Waals surface area contributed by atoms with Crippen LogP contribution in [0.3, 0.4) is 0 Å². The SMILES string of the molecule is CCc1cc(CNCCOCC(N)=O)n(CC)n1. The minimum atomic E-state index is -0.438. The number of nitrogens with zero attached hydrogens (tertiary/aromatic N) is 2. The fraction of sp³-hybridized carbons (Fsp3) is 0.667. The molecule has 1 heterocycles. The Morgan fingerprint density at radius 1 is 1.56 bits per heavy atom. The second-order valence-electron chi connectivity index (χ2n) is 3.99. The molecule has 0 aromatic carbocycles. The Balaban J connectivity index is 2.26. The lowest BCUT2D eigenvalue weighted by Gasteiger charge is -2.06. The number of rotatable bonds is 9. The molecule has 0 radical (unpaired) electrons. The van der Waals surface area contributed by atoms with Crippen LogP contribution in [0.25, 0.3) is 0 Å². The molecule has 0 atom stereocenters. The zero-order chi connectivity index (χ0) is 13.4. The highest BCUT2D eigenvalue weighted by molar-refractivity contribution is 5.74. The number of nitrogens with two attached hydrogens (primary N) is 1. The maximum absolute atomic E-state index is 10.4. The Kier molecular flexibility index (Phi) is 6.38. The fourth-order valence-corrected chi connectivity index (χ4v) is 1.64. The van der Waals surface area contributed by atoms with Crippen LogP contribution in [0.1, 0.15) is 25.2 Å². The monoisotopic (exact) mass is 254 g/mol. The van der Waals surface area contributed by atoms with Gasteiger partial charge in [0, 0.05) is 19.6 Å². The zero-order valence-corrected chi connectivity index (χ0v) is 11.1. The van der Waals surface area contributed by atoms with Crippen molar-refractivity contribution in [1.82, 2.24) is 15.1 Å². The maximum atomic E-state index is 10.4. The third-order valence-corrected chi connectivity index (χ3v) is 2.55. The van der Waals surface area contributed by atoms with Crippen molar-refractivity contribution >= 4 is 5.91 Å². The lowest BCUT2D eigenvalue weighted by molar-refractivity contribution is -0.122. The van der Waals surface area contributed by atoms with Crippen LogP contribution in [0.2, 0.25) is 0 Å². The van der Waals surface area contributed by atoms with Crippen LogP contribution in [0.5, 0.6) is 0 Å². The quantitative estimate of drug-likeness (QED) is 0.610. The van der Waals surface area contributed by atoms with Crippen LogP contribution in [0.4, 0.5) is 0 Å². The Bertz CT molecular complexity index is 376. The molecule has 1 amide bonds. The van der Waals surface area contributed by atoms with E-state index in [1.807, 2.05) is 4.68 Å². The minimum Gasteiger partial charge on any atom is -0.370 e. The molecule has 0 aliphatic rings. The second-order valence-corrected chi connectivity index (χ2v) is 3.99. The summed E-state index contributed by atoms with van der Waals surface area (Å²) in [6.07, 6.45) is 0.946. The largest absolute Gasteiger partial charge is 0.370 e. The normalized spacial score (nSPS) is 10.8. The van der Waals surface area contributed by atoms with E-state index in [9.17, 15) is 4.79 Å². The predicted molar refractivity (Wildman–Crippen MR) is 69.0 cm³/mol. The molecule has 6 nitrogen and oxygen atoms in total. The number of aryl methyl sites for hydroxylation is 2. The van der Waals surface area contributed by atoms with Crippen LogP contribution < -0.4 is 11.1 Å². The van der Waals surface area contributed by atoms with Crippen molar-refractivity contribution in [1.29, 1.82) is 0 Å². The van der Waals surface area contributed by atoms with E-state index in [0.29, 0.717) is 13.2 Å². The van der Waals surface area contributed by atoms with Crippen LogP contribution in [-0.2, 0) is 29.0 Å². The van der Waals surface area contributed by atoms with E-state index in [-0.39, 0.29) is 6.61 Å². The molecule has 0 aliphatic heterocycles. The number of amides is 1. The van der Waals surface area contributed by atoms with Gasteiger partial charge in [-0.1, -0.05) is 6.92 Å². The van der Waals surface area contributed by atoms with Gasteiger partial charge in [-0.2, -0.15) is 5.10 Å². The van der Waals surface area contributed by atoms with E-state index < -0.39 is 5.91 Å². The first-order valence-corrected chi connectivity index (χ1v) is 6.29. The van der Waals surface area contributed by atoms with E-state index in [4.69, 9.17) is 10.5 Å². The van der Waals surface area contributed by atoms with E-state index in [1.54, 1.807) is 0 Å². The summed E-state index contributed by atoms with van der Waals surface area (Å²) in [5, 5.41) is 7.72. The van der Waals surface area contributed by atoms with Crippen molar-refractivity contribution in [2.24, 2.45) is 5.73 Å². The topological polar surface area (TPSA) is 82.2 Å². The van der Waals surface area contributed by atoms with Gasteiger partial charge in [0.2, 0.25) is 5.91 Å². The molecule has 0 fully saturated rings. The molecule has 0 saturated heterocycles. The maximum Gasteiger partial charge on any atom is 0.243 e. The smallest absolute Gasteiger partial charge is 0.243 e. The summed E-state index contributed by atoms with van der Waals surface area (Å²) >= 11 is 0. The number of hydrogen-bond donors (Lipinski definition) is 2. The number of hydrogen-bond acceptors (Lipinski definition) is 4. The fourth-order valence-electron chi connectivity index (χ4n) is 1.64. The van der Waals surface area contributed by atoms with Crippen molar-refractivity contribution < 1.29 is 9.53 Å². The van der Waals surface area contributed by atoms with Gasteiger partial charge in [0.1, 0.15) is 6.61 Å². The summed E-state index contributed by atoms with van der Waals surface area (Å²) in [7, 11) is 0. The molecule has 0 saturated carbocycles. The summed E-state index contributed by atoms with van der Waals surface area (Å²) < 4.78 is 7.05. The molecule has 1 aromatic heterocycles. The van der Waals surface area contributed by atoms with E-state index in [1.165, 1.54) is 5.69 Å². The highest BCUT2D eigenvalue weighted by atomic mass is 16.5. The minimum absolute atomic E-state index is 0.0193. The molecule has 0 aliphatic carbocycles. The Hall–Kier alpha value is -1.40. The number of nitrogens with one attached hydrogen (secondary N) is 1. The van der Waals surface area contributed by atoms with E-state index in [0.717, 1.165) is 25.2 Å². The third-order valence-electron chi connectivity index (χ3n) is 2.55. The first-order chi connectivity index (χ1) is 8.67. The van der Waals surface area contributed by atoms with Gasteiger partial charge in [-0.3, -0.25) is 9.48 Å². The standard InChI is InChI=1S/C12H22N4O2/c1-3-10-7-11(16(4-2)15-10)8-14-5-6-18-9-12(13)17/h7,14H,3-6,8-9H2,1-2H3,(H2,13,17). The number of carbonyl (C=O) groups excluding carboxylic acids is 1. The van der Waals surface area contributed by atoms with Crippen molar-refractivity contribution in [3.05, 3.63) is 17.5 Å². The molecule has 1 rings (SSSR count). The first kappa shape index (κ1) is 14.7. The van der Waals surface area contributed by atoms with E-state index >= 15 is 0 Å². The lowest BCUT2D eigenvalue weighted by Crippen LogP contribution is -2.24. The number of ether oxygens (including phenoxy) is 1. The van der Waals surface area contributed by atoms with Gasteiger partial charge in [-0.15, -0.1) is 0 Å². The molecule has 0 spiro atoms. The summed E-state index contributed by atoms with van der Waals surface area (Å²) in [5.74, 6) is -0.438. The van der Waals surface area contributed by atoms with Gasteiger partial charge in [0.15, 0.2) is 0 Å². The van der Waals surface area contributed by atoms with Crippen LogP contribution >= 0.6 is 0 Å².